The van der Waals surface area contributed by atoms with Crippen LogP contribution in [0.5, 0.6) is 0 Å². The lowest BCUT2D eigenvalue weighted by Crippen LogP contribution is -2.41. The lowest BCUT2D eigenvalue weighted by Gasteiger charge is -2.21. The minimum atomic E-state index is -4.46. The van der Waals surface area contributed by atoms with Crippen LogP contribution >= 0.6 is 0 Å². The third-order valence-electron chi connectivity index (χ3n) is 2.62. The highest BCUT2D eigenvalue weighted by Crippen LogP contribution is 2.29. The molecular weight excluding hydrogens is 299 g/mol. The number of alkyl halides is 3. The zero-order valence-corrected chi connectivity index (χ0v) is 12.7. The van der Waals surface area contributed by atoms with Crippen LogP contribution in [0.25, 0.3) is 0 Å². The largest absolute Gasteiger partial charge is 0.444 e. The van der Waals surface area contributed by atoms with Crippen molar-refractivity contribution >= 4 is 11.9 Å². The van der Waals surface area contributed by atoms with Gasteiger partial charge in [-0.1, -0.05) is 12.1 Å². The van der Waals surface area contributed by atoms with E-state index < -0.39 is 35.3 Å². The van der Waals surface area contributed by atoms with Crippen molar-refractivity contribution in [1.82, 2.24) is 5.32 Å². The third-order valence-corrected chi connectivity index (χ3v) is 2.62. The molecule has 0 aliphatic heterocycles. The molecule has 0 aliphatic carbocycles. The summed E-state index contributed by atoms with van der Waals surface area (Å²) in [5, 5.41) is 2.35. The van der Waals surface area contributed by atoms with Crippen LogP contribution in [-0.4, -0.2) is 23.5 Å². The number of benzene rings is 1. The van der Waals surface area contributed by atoms with Gasteiger partial charge in [0.15, 0.2) is 5.78 Å². The maximum atomic E-state index is 12.5. The van der Waals surface area contributed by atoms with Crippen LogP contribution in [0.15, 0.2) is 24.3 Å². The minimum Gasteiger partial charge on any atom is -0.444 e. The van der Waals surface area contributed by atoms with E-state index in [0.29, 0.717) is 0 Å². The highest BCUT2D eigenvalue weighted by atomic mass is 19.4. The molecule has 0 saturated heterocycles. The van der Waals surface area contributed by atoms with E-state index in [0.717, 1.165) is 24.3 Å². The zero-order chi connectivity index (χ0) is 17.1. The van der Waals surface area contributed by atoms with Gasteiger partial charge in [-0.25, -0.2) is 4.79 Å². The third kappa shape index (κ3) is 5.38. The van der Waals surface area contributed by atoms with Gasteiger partial charge in [0.05, 0.1) is 11.6 Å². The van der Waals surface area contributed by atoms with Gasteiger partial charge in [0.25, 0.3) is 0 Å². The summed E-state index contributed by atoms with van der Waals surface area (Å²) >= 11 is 0. The van der Waals surface area contributed by atoms with E-state index in [4.69, 9.17) is 4.74 Å². The Morgan fingerprint density at radius 3 is 2.00 bits per heavy atom. The number of carbonyl (C=O) groups excluding carboxylic acids is 2. The summed E-state index contributed by atoms with van der Waals surface area (Å²) < 4.78 is 42.4. The van der Waals surface area contributed by atoms with E-state index in [9.17, 15) is 22.8 Å². The number of ether oxygens (including phenoxy) is 1. The molecule has 1 rings (SSSR count). The first-order valence-electron chi connectivity index (χ1n) is 6.61. The highest BCUT2D eigenvalue weighted by Gasteiger charge is 2.30. The molecule has 1 aromatic rings. The molecule has 4 nitrogen and oxygen atoms in total. The Hall–Kier alpha value is -2.05. The van der Waals surface area contributed by atoms with Crippen molar-refractivity contribution < 1.29 is 27.5 Å². The first-order chi connectivity index (χ1) is 9.90. The molecule has 0 aliphatic rings. The van der Waals surface area contributed by atoms with Crippen LogP contribution in [0, 0.1) is 0 Å². The van der Waals surface area contributed by atoms with Crippen molar-refractivity contribution in [3.05, 3.63) is 35.4 Å². The van der Waals surface area contributed by atoms with Gasteiger partial charge in [-0.3, -0.25) is 4.79 Å². The molecule has 1 unspecified atom stereocenters. The lowest BCUT2D eigenvalue weighted by molar-refractivity contribution is -0.137. The van der Waals surface area contributed by atoms with Gasteiger partial charge in [-0.05, 0) is 39.8 Å². The second-order valence-corrected chi connectivity index (χ2v) is 5.81. The summed E-state index contributed by atoms with van der Waals surface area (Å²) in [6.45, 7) is 6.46. The van der Waals surface area contributed by atoms with Crippen molar-refractivity contribution in [3.63, 3.8) is 0 Å². The molecule has 7 heteroatoms. The van der Waals surface area contributed by atoms with Gasteiger partial charge in [0.1, 0.15) is 5.60 Å². The summed E-state index contributed by atoms with van der Waals surface area (Å²) in [5.41, 5.74) is -1.46. The number of halogens is 3. The molecule has 0 heterocycles. The van der Waals surface area contributed by atoms with Gasteiger partial charge in [0, 0.05) is 5.56 Å². The Morgan fingerprint density at radius 2 is 1.59 bits per heavy atom. The van der Waals surface area contributed by atoms with E-state index >= 15 is 0 Å². The van der Waals surface area contributed by atoms with Crippen molar-refractivity contribution in [3.8, 4) is 0 Å². The van der Waals surface area contributed by atoms with Crippen LogP contribution < -0.4 is 5.32 Å². The molecule has 0 aromatic heterocycles. The smallest absolute Gasteiger partial charge is 0.416 e. The van der Waals surface area contributed by atoms with Crippen LogP contribution in [0.4, 0.5) is 18.0 Å². The number of carbonyl (C=O) groups is 2. The number of ketones is 1. The molecule has 22 heavy (non-hydrogen) atoms. The predicted octanol–water partition coefficient (Wildman–Crippen LogP) is 3.80. The Balaban J connectivity index is 2.73. The Kier molecular flexibility index (Phi) is 5.22. The van der Waals surface area contributed by atoms with Crippen molar-refractivity contribution in [1.29, 1.82) is 0 Å². The minimum absolute atomic E-state index is 0.0801. The summed E-state index contributed by atoms with van der Waals surface area (Å²) in [5.74, 6) is -0.500. The Bertz CT molecular complexity index is 545. The lowest BCUT2D eigenvalue weighted by atomic mass is 10.0. The van der Waals surface area contributed by atoms with E-state index in [1.807, 2.05) is 0 Å². The topological polar surface area (TPSA) is 55.4 Å². The number of hydrogen-bond donors (Lipinski definition) is 1. The average molecular weight is 317 g/mol. The summed E-state index contributed by atoms with van der Waals surface area (Å²) in [7, 11) is 0. The van der Waals surface area contributed by atoms with E-state index in [1.54, 1.807) is 20.8 Å². The predicted molar refractivity (Wildman–Crippen MR) is 74.6 cm³/mol. The monoisotopic (exact) mass is 317 g/mol. The average Bonchev–Trinajstić information content (AvgIpc) is 2.34. The molecule has 0 fully saturated rings. The fraction of sp³-hybridized carbons (Fsp3) is 0.467. The number of rotatable bonds is 3. The first-order valence-corrected chi connectivity index (χ1v) is 6.61. The van der Waals surface area contributed by atoms with Crippen molar-refractivity contribution in [2.45, 2.75) is 45.5 Å². The molecule has 1 atom stereocenters. The number of nitrogens with one attached hydrogen (secondary N) is 1. The van der Waals surface area contributed by atoms with Crippen molar-refractivity contribution in [2.24, 2.45) is 0 Å². The fourth-order valence-corrected chi connectivity index (χ4v) is 1.62. The summed E-state index contributed by atoms with van der Waals surface area (Å²) in [6, 6.07) is 2.91. The molecular formula is C15H18F3NO3. The summed E-state index contributed by atoms with van der Waals surface area (Å²) in [6.07, 6.45) is -5.22. The Morgan fingerprint density at radius 1 is 1.09 bits per heavy atom. The molecule has 0 radical (unpaired) electrons. The van der Waals surface area contributed by atoms with E-state index in [-0.39, 0.29) is 5.56 Å². The van der Waals surface area contributed by atoms with Crippen LogP contribution in [0.3, 0.4) is 0 Å². The fourth-order valence-electron chi connectivity index (χ4n) is 1.62. The Labute approximate surface area is 126 Å². The SMILES string of the molecule is CC(NC(=O)OC(C)(C)C)C(=O)c1ccc(C(F)(F)F)cc1. The van der Waals surface area contributed by atoms with E-state index in [1.165, 1.54) is 6.92 Å². The van der Waals surface area contributed by atoms with Gasteiger partial charge in [-0.2, -0.15) is 13.2 Å². The maximum absolute atomic E-state index is 12.5. The van der Waals surface area contributed by atoms with Gasteiger partial charge in [-0.15, -0.1) is 0 Å². The summed E-state index contributed by atoms with van der Waals surface area (Å²) in [4.78, 5) is 23.6. The number of Topliss-reactive ketones (excluding diaryl/α,β-unsaturated/α-hetero) is 1. The molecule has 1 amide bonds. The second kappa shape index (κ2) is 6.37. The highest BCUT2D eigenvalue weighted by molar-refractivity contribution is 6.01. The first kappa shape index (κ1) is 18.0. The zero-order valence-electron chi connectivity index (χ0n) is 12.7. The second-order valence-electron chi connectivity index (χ2n) is 5.81. The van der Waals surface area contributed by atoms with Crippen LogP contribution in [0.1, 0.15) is 43.6 Å². The molecule has 0 saturated carbocycles. The molecule has 0 spiro atoms. The van der Waals surface area contributed by atoms with Crippen molar-refractivity contribution in [2.75, 3.05) is 0 Å². The van der Waals surface area contributed by atoms with Gasteiger partial charge in [0.2, 0.25) is 0 Å². The quantitative estimate of drug-likeness (QED) is 0.863. The maximum Gasteiger partial charge on any atom is 0.416 e. The number of alkyl carbamates (subject to hydrolysis) is 1. The van der Waals surface area contributed by atoms with Gasteiger partial charge >= 0.3 is 12.3 Å². The number of amides is 1. The molecule has 0 bridgehead atoms. The normalized spacial score (nSPS) is 13.4. The molecule has 1 N–H and O–H groups in total. The van der Waals surface area contributed by atoms with Gasteiger partial charge < -0.3 is 10.1 Å². The van der Waals surface area contributed by atoms with Crippen LogP contribution in [0.2, 0.25) is 0 Å². The molecule has 1 aromatic carbocycles. The standard InChI is InChI=1S/C15H18F3NO3/c1-9(19-13(21)22-14(2,3)4)12(20)10-5-7-11(8-6-10)15(16,17)18/h5-9H,1-4H3,(H,19,21). The molecule has 122 valence electrons. The van der Waals surface area contributed by atoms with E-state index in [2.05, 4.69) is 5.32 Å². The number of hydrogen-bond acceptors (Lipinski definition) is 3. The van der Waals surface area contributed by atoms with Crippen LogP contribution in [-0.2, 0) is 10.9 Å².